The third-order valence-corrected chi connectivity index (χ3v) is 2.81. The lowest BCUT2D eigenvalue weighted by atomic mass is 10.2. The van der Waals surface area contributed by atoms with E-state index in [1.54, 1.807) is 19.9 Å². The molecular weight excluding hydrogens is 208 g/mol. The van der Waals surface area contributed by atoms with Gasteiger partial charge in [0.15, 0.2) is 0 Å². The minimum Gasteiger partial charge on any atom is -0.478 e. The van der Waals surface area contributed by atoms with E-state index in [0.29, 0.717) is 12.1 Å². The zero-order valence-corrected chi connectivity index (χ0v) is 9.77. The normalized spacial score (nSPS) is 18.6. The molecule has 0 atom stereocenters. The molecule has 1 heterocycles. The van der Waals surface area contributed by atoms with Crippen molar-refractivity contribution in [3.63, 3.8) is 0 Å². The van der Waals surface area contributed by atoms with Gasteiger partial charge in [0, 0.05) is 45.2 Å². The van der Waals surface area contributed by atoms with Crippen LogP contribution in [0.5, 0.6) is 0 Å². The fourth-order valence-corrected chi connectivity index (χ4v) is 1.60. The molecule has 0 unspecified atom stereocenters. The molecule has 1 saturated heterocycles. The van der Waals surface area contributed by atoms with Crippen molar-refractivity contribution in [3.05, 3.63) is 11.6 Å². The summed E-state index contributed by atoms with van der Waals surface area (Å²) in [6.45, 7) is 6.89. The molecule has 0 saturated carbocycles. The Morgan fingerprint density at radius 3 is 2.19 bits per heavy atom. The average molecular weight is 226 g/mol. The van der Waals surface area contributed by atoms with Crippen LogP contribution in [0.4, 0.5) is 0 Å². The Morgan fingerprint density at radius 1 is 1.19 bits per heavy atom. The van der Waals surface area contributed by atoms with Crippen LogP contribution in [0, 0.1) is 0 Å². The molecule has 0 radical (unpaired) electrons. The predicted octanol–water partition coefficient (Wildman–Crippen LogP) is 0.181. The Balaban J connectivity index is 2.35. The lowest BCUT2D eigenvalue weighted by Crippen LogP contribution is -2.47. The third kappa shape index (κ3) is 3.66. The Labute approximate surface area is 95.3 Å². The summed E-state index contributed by atoms with van der Waals surface area (Å²) in [4.78, 5) is 25.6. The molecule has 5 heteroatoms. The maximum atomic E-state index is 11.1. The second kappa shape index (κ2) is 5.65. The highest BCUT2D eigenvalue weighted by Gasteiger charge is 2.17. The van der Waals surface area contributed by atoms with Crippen molar-refractivity contribution < 1.29 is 14.7 Å². The van der Waals surface area contributed by atoms with Crippen molar-refractivity contribution in [2.45, 2.75) is 13.8 Å². The molecule has 16 heavy (non-hydrogen) atoms. The molecule has 1 rings (SSSR count). The molecule has 0 aliphatic carbocycles. The zero-order chi connectivity index (χ0) is 12.1. The lowest BCUT2D eigenvalue weighted by molar-refractivity contribution is -0.132. The first kappa shape index (κ1) is 12.7. The summed E-state index contributed by atoms with van der Waals surface area (Å²) < 4.78 is 0. The minimum absolute atomic E-state index is 0.108. The first-order chi connectivity index (χ1) is 7.50. The molecule has 0 aromatic heterocycles. The van der Waals surface area contributed by atoms with Crippen LogP contribution >= 0.6 is 0 Å². The summed E-state index contributed by atoms with van der Waals surface area (Å²) in [7, 11) is 0. The fraction of sp³-hybridized carbons (Fsp3) is 0.636. The van der Waals surface area contributed by atoms with Gasteiger partial charge in [-0.1, -0.05) is 6.08 Å². The second-order valence-corrected chi connectivity index (χ2v) is 4.00. The molecule has 0 bridgehead atoms. The van der Waals surface area contributed by atoms with E-state index < -0.39 is 5.97 Å². The molecule has 5 nitrogen and oxygen atoms in total. The predicted molar refractivity (Wildman–Crippen MR) is 60.1 cm³/mol. The zero-order valence-electron chi connectivity index (χ0n) is 9.77. The maximum Gasteiger partial charge on any atom is 0.330 e. The highest BCUT2D eigenvalue weighted by atomic mass is 16.4. The number of aliphatic carboxylic acids is 1. The Bertz CT molecular complexity index is 304. The second-order valence-electron chi connectivity index (χ2n) is 4.00. The van der Waals surface area contributed by atoms with E-state index in [9.17, 15) is 9.59 Å². The van der Waals surface area contributed by atoms with Gasteiger partial charge in [-0.25, -0.2) is 4.79 Å². The molecule has 1 aliphatic rings. The third-order valence-electron chi connectivity index (χ3n) is 2.81. The number of rotatable bonds is 3. The van der Waals surface area contributed by atoms with E-state index in [-0.39, 0.29) is 5.91 Å². The van der Waals surface area contributed by atoms with Gasteiger partial charge in [-0.2, -0.15) is 0 Å². The average Bonchev–Trinajstić information content (AvgIpc) is 2.26. The molecule has 90 valence electrons. The van der Waals surface area contributed by atoms with Gasteiger partial charge in [0.25, 0.3) is 0 Å². The van der Waals surface area contributed by atoms with E-state index in [1.165, 1.54) is 0 Å². The monoisotopic (exact) mass is 226 g/mol. The van der Waals surface area contributed by atoms with E-state index >= 15 is 0 Å². The van der Waals surface area contributed by atoms with Crippen molar-refractivity contribution in [2.24, 2.45) is 0 Å². The first-order valence-electron chi connectivity index (χ1n) is 5.38. The van der Waals surface area contributed by atoms with Crippen LogP contribution in [-0.2, 0) is 9.59 Å². The quantitative estimate of drug-likeness (QED) is 0.697. The minimum atomic E-state index is -0.873. The number of amides is 1. The number of carbonyl (C=O) groups is 2. The van der Waals surface area contributed by atoms with Crippen LogP contribution in [0.15, 0.2) is 11.6 Å². The van der Waals surface area contributed by atoms with Crippen molar-refractivity contribution >= 4 is 11.9 Å². The number of carboxylic acids is 1. The van der Waals surface area contributed by atoms with E-state index in [2.05, 4.69) is 4.90 Å². The summed E-state index contributed by atoms with van der Waals surface area (Å²) in [5.41, 5.74) is 0.369. The molecule has 0 spiro atoms. The summed E-state index contributed by atoms with van der Waals surface area (Å²) in [6, 6.07) is 0. The summed E-state index contributed by atoms with van der Waals surface area (Å²) in [5.74, 6) is -0.765. The van der Waals surface area contributed by atoms with Gasteiger partial charge < -0.3 is 10.0 Å². The van der Waals surface area contributed by atoms with Crippen LogP contribution in [-0.4, -0.2) is 59.5 Å². The number of hydrogen-bond acceptors (Lipinski definition) is 3. The fourth-order valence-electron chi connectivity index (χ4n) is 1.60. The van der Waals surface area contributed by atoms with Crippen molar-refractivity contribution in [1.82, 2.24) is 9.80 Å². The molecular formula is C11H18N2O3. The smallest absolute Gasteiger partial charge is 0.330 e. The highest BCUT2D eigenvalue weighted by Crippen LogP contribution is 2.03. The number of nitrogens with zero attached hydrogens (tertiary/aromatic N) is 2. The Hall–Kier alpha value is -1.36. The van der Waals surface area contributed by atoms with Crippen LogP contribution in [0.3, 0.4) is 0 Å². The standard InChI is InChI=1S/C11H18N2O3/c1-9(11(15)16)3-4-12-5-7-13(8-6-12)10(2)14/h3H,4-8H2,1-2H3,(H,15,16). The Kier molecular flexibility index (Phi) is 4.49. The van der Waals surface area contributed by atoms with Gasteiger partial charge in [-0.3, -0.25) is 9.69 Å². The number of hydrogen-bond donors (Lipinski definition) is 1. The van der Waals surface area contributed by atoms with Gasteiger partial charge in [-0.05, 0) is 6.92 Å². The van der Waals surface area contributed by atoms with Crippen LogP contribution < -0.4 is 0 Å². The van der Waals surface area contributed by atoms with Gasteiger partial charge in [0.1, 0.15) is 0 Å². The maximum absolute atomic E-state index is 11.1. The molecule has 1 amide bonds. The molecule has 1 N–H and O–H groups in total. The molecule has 0 aromatic rings. The highest BCUT2D eigenvalue weighted by molar-refractivity contribution is 5.85. The van der Waals surface area contributed by atoms with Crippen LogP contribution in [0.25, 0.3) is 0 Å². The van der Waals surface area contributed by atoms with Crippen LogP contribution in [0.1, 0.15) is 13.8 Å². The van der Waals surface area contributed by atoms with Gasteiger partial charge in [0.05, 0.1) is 0 Å². The summed E-state index contributed by atoms with van der Waals surface area (Å²) >= 11 is 0. The summed E-state index contributed by atoms with van der Waals surface area (Å²) in [5, 5.41) is 8.69. The van der Waals surface area contributed by atoms with Gasteiger partial charge in [0.2, 0.25) is 5.91 Å². The lowest BCUT2D eigenvalue weighted by Gasteiger charge is -2.33. The van der Waals surface area contributed by atoms with Crippen molar-refractivity contribution in [2.75, 3.05) is 32.7 Å². The molecule has 1 fully saturated rings. The van der Waals surface area contributed by atoms with Crippen molar-refractivity contribution in [3.8, 4) is 0 Å². The number of carboxylic acid groups (broad SMARTS) is 1. The van der Waals surface area contributed by atoms with E-state index in [4.69, 9.17) is 5.11 Å². The number of piperazine rings is 1. The molecule has 0 aromatic carbocycles. The van der Waals surface area contributed by atoms with E-state index in [0.717, 1.165) is 26.2 Å². The topological polar surface area (TPSA) is 60.9 Å². The number of carbonyl (C=O) groups excluding carboxylic acids is 1. The summed E-state index contributed by atoms with van der Waals surface area (Å²) in [6.07, 6.45) is 1.71. The van der Waals surface area contributed by atoms with Gasteiger partial charge >= 0.3 is 5.97 Å². The van der Waals surface area contributed by atoms with E-state index in [1.807, 2.05) is 4.90 Å². The molecule has 1 aliphatic heterocycles. The van der Waals surface area contributed by atoms with Crippen LogP contribution in [0.2, 0.25) is 0 Å². The SMILES string of the molecule is CC(=O)N1CCN(CC=C(C)C(=O)O)CC1. The first-order valence-corrected chi connectivity index (χ1v) is 5.38. The van der Waals surface area contributed by atoms with Gasteiger partial charge in [-0.15, -0.1) is 0 Å². The largest absolute Gasteiger partial charge is 0.478 e. The Morgan fingerprint density at radius 2 is 1.75 bits per heavy atom. The van der Waals surface area contributed by atoms with Crippen molar-refractivity contribution in [1.29, 1.82) is 0 Å².